The van der Waals surface area contributed by atoms with Crippen LogP contribution in [0, 0.1) is 0 Å². The summed E-state index contributed by atoms with van der Waals surface area (Å²) in [5, 5.41) is 4.96. The molecule has 0 bridgehead atoms. The minimum absolute atomic E-state index is 0.129. The average Bonchev–Trinajstić information content (AvgIpc) is 3.81. The van der Waals surface area contributed by atoms with Gasteiger partial charge in [0.05, 0.1) is 16.8 Å². The van der Waals surface area contributed by atoms with Gasteiger partial charge in [-0.15, -0.1) is 0 Å². The van der Waals surface area contributed by atoms with Crippen molar-refractivity contribution in [2.75, 3.05) is 0 Å². The van der Waals surface area contributed by atoms with E-state index < -0.39 is 5.41 Å². The normalized spacial score (nSPS) is 13.8. The van der Waals surface area contributed by atoms with Gasteiger partial charge in [-0.05, 0) is 107 Å². The zero-order valence-electron chi connectivity index (χ0n) is 36.8. The Bertz CT molecular complexity index is 3680. The van der Waals surface area contributed by atoms with Crippen LogP contribution < -0.4 is 0 Å². The molecule has 0 unspecified atom stereocenters. The van der Waals surface area contributed by atoms with Crippen molar-refractivity contribution in [2.24, 2.45) is 0 Å². The highest BCUT2D eigenvalue weighted by Gasteiger charge is 2.46. The van der Waals surface area contributed by atoms with Crippen LogP contribution in [-0.2, 0) is 10.8 Å². The largest absolute Gasteiger partial charge is 0.228 e. The molecular formula is C64H44N2. The lowest BCUT2D eigenvalue weighted by Gasteiger charge is -2.33. The lowest BCUT2D eigenvalue weighted by Crippen LogP contribution is -2.28. The monoisotopic (exact) mass is 840 g/mol. The van der Waals surface area contributed by atoms with Crippen LogP contribution in [0.3, 0.4) is 0 Å². The third-order valence-electron chi connectivity index (χ3n) is 14.6. The molecule has 2 heteroatoms. The Morgan fingerprint density at radius 1 is 0.318 bits per heavy atom. The van der Waals surface area contributed by atoms with E-state index in [-0.39, 0.29) is 5.41 Å². The Hall–Kier alpha value is -8.20. The maximum atomic E-state index is 5.37. The third kappa shape index (κ3) is 5.61. The lowest BCUT2D eigenvalue weighted by molar-refractivity contribution is 0.661. The predicted molar refractivity (Wildman–Crippen MR) is 274 cm³/mol. The average molecular weight is 841 g/mol. The van der Waals surface area contributed by atoms with E-state index in [0.717, 1.165) is 33.5 Å². The van der Waals surface area contributed by atoms with Crippen LogP contribution >= 0.6 is 0 Å². The Labute approximate surface area is 385 Å². The van der Waals surface area contributed by atoms with E-state index in [1.807, 2.05) is 6.07 Å². The van der Waals surface area contributed by atoms with Crippen molar-refractivity contribution in [3.63, 3.8) is 0 Å². The summed E-state index contributed by atoms with van der Waals surface area (Å²) in [5.41, 5.74) is 19.7. The smallest absolute Gasteiger partial charge is 0.160 e. The first-order valence-electron chi connectivity index (χ1n) is 23.0. The summed E-state index contributed by atoms with van der Waals surface area (Å²) in [6.45, 7) is 4.74. The fourth-order valence-electron chi connectivity index (χ4n) is 11.5. The van der Waals surface area contributed by atoms with Crippen LogP contribution in [0.25, 0.3) is 88.8 Å². The standard InChI is InChI=1S/C64H44N2/c1-63(2)57-37-31-41-18-12-13-25-48(41)61(57)53-33-30-43(39-58(53)63)47-34-35-52(50-27-15-14-26-49(47)50)60-40-59(65-62(66-60)42-19-6-3-7-20-42)44-32-36-56-54(38-44)51-28-16-17-29-55(51)64(56,45-21-8-4-9-22-45)46-23-10-5-11-24-46/h3-40H,1-2H3. The summed E-state index contributed by atoms with van der Waals surface area (Å²) in [5.74, 6) is 0.702. The Morgan fingerprint density at radius 2 is 0.879 bits per heavy atom. The molecule has 0 radical (unpaired) electrons. The maximum absolute atomic E-state index is 5.37. The number of benzene rings is 10. The molecule has 2 nitrogen and oxygen atoms in total. The van der Waals surface area contributed by atoms with Gasteiger partial charge in [-0.1, -0.05) is 226 Å². The molecular weight excluding hydrogens is 797 g/mol. The molecule has 0 aliphatic heterocycles. The van der Waals surface area contributed by atoms with Gasteiger partial charge in [0.25, 0.3) is 0 Å². The number of rotatable bonds is 6. The number of fused-ring (bicyclic) bond motifs is 9. The molecule has 310 valence electrons. The minimum atomic E-state index is -0.466. The van der Waals surface area contributed by atoms with Crippen LogP contribution in [0.5, 0.6) is 0 Å². The van der Waals surface area contributed by atoms with Crippen LogP contribution in [0.1, 0.15) is 47.2 Å². The molecule has 0 N–H and O–H groups in total. The Morgan fingerprint density at radius 3 is 1.64 bits per heavy atom. The second-order valence-corrected chi connectivity index (χ2v) is 18.4. The van der Waals surface area contributed by atoms with Gasteiger partial charge in [0.15, 0.2) is 5.82 Å². The van der Waals surface area contributed by atoms with Gasteiger partial charge in [0.2, 0.25) is 0 Å². The molecule has 0 saturated carbocycles. The van der Waals surface area contributed by atoms with E-state index in [1.54, 1.807) is 0 Å². The van der Waals surface area contributed by atoms with Gasteiger partial charge in [-0.3, -0.25) is 0 Å². The van der Waals surface area contributed by atoms with Crippen molar-refractivity contribution in [3.05, 3.63) is 264 Å². The van der Waals surface area contributed by atoms with Crippen molar-refractivity contribution in [1.29, 1.82) is 0 Å². The van der Waals surface area contributed by atoms with Gasteiger partial charge in [-0.25, -0.2) is 9.97 Å². The molecule has 2 aliphatic carbocycles. The molecule has 0 atom stereocenters. The highest BCUT2D eigenvalue weighted by molar-refractivity contribution is 6.07. The number of nitrogens with zero attached hydrogens (tertiary/aromatic N) is 2. The van der Waals surface area contributed by atoms with E-state index in [0.29, 0.717) is 5.82 Å². The van der Waals surface area contributed by atoms with Gasteiger partial charge in [-0.2, -0.15) is 0 Å². The molecule has 11 aromatic rings. The van der Waals surface area contributed by atoms with Gasteiger partial charge in [0, 0.05) is 22.1 Å². The third-order valence-corrected chi connectivity index (χ3v) is 14.6. The van der Waals surface area contributed by atoms with Crippen molar-refractivity contribution in [2.45, 2.75) is 24.7 Å². The quantitative estimate of drug-likeness (QED) is 0.167. The molecule has 2 aliphatic rings. The molecule has 66 heavy (non-hydrogen) atoms. The molecule has 0 fully saturated rings. The molecule has 13 rings (SSSR count). The summed E-state index contributed by atoms with van der Waals surface area (Å²) in [7, 11) is 0. The van der Waals surface area contributed by atoms with Crippen LogP contribution in [-0.4, -0.2) is 9.97 Å². The molecule has 1 heterocycles. The SMILES string of the molecule is CC1(C)c2cc(-c3ccc(-c4cc(-c5ccc6c(c5)-c5ccccc5C6(c5ccccc5)c5ccccc5)nc(-c5ccccc5)n4)c4ccccc34)ccc2-c2c1ccc1ccccc21. The van der Waals surface area contributed by atoms with Crippen LogP contribution in [0.4, 0.5) is 0 Å². The van der Waals surface area contributed by atoms with Crippen LogP contribution in [0.15, 0.2) is 231 Å². The molecule has 10 aromatic carbocycles. The minimum Gasteiger partial charge on any atom is -0.228 e. The van der Waals surface area contributed by atoms with Gasteiger partial charge >= 0.3 is 0 Å². The summed E-state index contributed by atoms with van der Waals surface area (Å²) >= 11 is 0. The van der Waals surface area contributed by atoms with E-state index in [9.17, 15) is 0 Å². The fraction of sp³-hybridized carbons (Fsp3) is 0.0625. The summed E-state index contributed by atoms with van der Waals surface area (Å²) in [6, 6.07) is 84.3. The number of hydrogen-bond acceptors (Lipinski definition) is 2. The number of hydrogen-bond donors (Lipinski definition) is 0. The first kappa shape index (κ1) is 38.3. The van der Waals surface area contributed by atoms with E-state index >= 15 is 0 Å². The van der Waals surface area contributed by atoms with Crippen molar-refractivity contribution in [1.82, 2.24) is 9.97 Å². The second-order valence-electron chi connectivity index (χ2n) is 18.4. The zero-order valence-corrected chi connectivity index (χ0v) is 36.8. The Kier molecular flexibility index (Phi) is 8.51. The van der Waals surface area contributed by atoms with Crippen molar-refractivity contribution in [3.8, 4) is 67.3 Å². The highest BCUT2D eigenvalue weighted by atomic mass is 14.9. The summed E-state index contributed by atoms with van der Waals surface area (Å²) in [6.07, 6.45) is 0. The fourth-order valence-corrected chi connectivity index (χ4v) is 11.5. The number of aromatic nitrogens is 2. The lowest BCUT2D eigenvalue weighted by atomic mass is 9.67. The molecule has 0 amide bonds. The van der Waals surface area contributed by atoms with Crippen molar-refractivity contribution >= 4 is 21.5 Å². The summed E-state index contributed by atoms with van der Waals surface area (Å²) < 4.78 is 0. The van der Waals surface area contributed by atoms with E-state index in [4.69, 9.17) is 9.97 Å². The Balaban J connectivity index is 0.972. The van der Waals surface area contributed by atoms with Crippen molar-refractivity contribution < 1.29 is 0 Å². The van der Waals surface area contributed by atoms with E-state index in [2.05, 4.69) is 238 Å². The first-order valence-corrected chi connectivity index (χ1v) is 23.0. The molecule has 0 spiro atoms. The predicted octanol–water partition coefficient (Wildman–Crippen LogP) is 16.1. The maximum Gasteiger partial charge on any atom is 0.160 e. The second kappa shape index (κ2) is 14.7. The first-order chi connectivity index (χ1) is 32.5. The van der Waals surface area contributed by atoms with Gasteiger partial charge < -0.3 is 0 Å². The van der Waals surface area contributed by atoms with Gasteiger partial charge in [0.1, 0.15) is 0 Å². The molecule has 1 aromatic heterocycles. The topological polar surface area (TPSA) is 25.8 Å². The summed E-state index contributed by atoms with van der Waals surface area (Å²) in [4.78, 5) is 10.7. The zero-order chi connectivity index (χ0) is 44.0. The highest BCUT2D eigenvalue weighted by Crippen LogP contribution is 2.57. The van der Waals surface area contributed by atoms with Crippen LogP contribution in [0.2, 0.25) is 0 Å². The van der Waals surface area contributed by atoms with E-state index in [1.165, 1.54) is 82.9 Å². The molecule has 0 saturated heterocycles.